The molecular weight excluding hydrogens is 98.1 g/mol. The third-order valence-corrected chi connectivity index (χ3v) is 1.50. The molecule has 0 saturated heterocycles. The van der Waals surface area contributed by atoms with E-state index >= 15 is 0 Å². The highest BCUT2D eigenvalue weighted by Gasteiger charge is 2.27. The summed E-state index contributed by atoms with van der Waals surface area (Å²) in [6.07, 6.45) is 3.86. The summed E-state index contributed by atoms with van der Waals surface area (Å²) < 4.78 is 0. The topological polar surface area (TPSA) is 23.8 Å². The van der Waals surface area contributed by atoms with Crippen LogP contribution in [0.2, 0.25) is 0 Å². The van der Waals surface area contributed by atoms with Crippen LogP contribution in [0.5, 0.6) is 0 Å². The minimum Gasteiger partial charge on any atom is -0.252 e. The monoisotopic (exact) mass is 112 g/mol. The van der Waals surface area contributed by atoms with Crippen LogP contribution in [0.3, 0.4) is 0 Å². The van der Waals surface area contributed by atoms with E-state index < -0.39 is 0 Å². The van der Waals surface area contributed by atoms with Gasteiger partial charge in [-0.3, -0.25) is 5.73 Å². The van der Waals surface area contributed by atoms with Crippen molar-refractivity contribution in [2.45, 2.75) is 38.6 Å². The van der Waals surface area contributed by atoms with Crippen LogP contribution in [0, 0.1) is 5.92 Å². The summed E-state index contributed by atoms with van der Waals surface area (Å²) in [6, 6.07) is 0. The lowest BCUT2D eigenvalue weighted by Gasteiger charge is -2.15. The fourth-order valence-electron chi connectivity index (χ4n) is 1.04. The number of rotatable bonds is 2. The van der Waals surface area contributed by atoms with Gasteiger partial charge in [0.1, 0.15) is 0 Å². The van der Waals surface area contributed by atoms with Gasteiger partial charge in [0, 0.05) is 5.54 Å². The first-order valence-corrected chi connectivity index (χ1v) is 3.33. The van der Waals surface area contributed by atoms with Gasteiger partial charge in [-0.15, -0.1) is 0 Å². The van der Waals surface area contributed by atoms with Crippen molar-refractivity contribution < 1.29 is 0 Å². The maximum absolute atomic E-state index is 7.50. The van der Waals surface area contributed by atoms with E-state index in [4.69, 9.17) is 5.73 Å². The summed E-state index contributed by atoms with van der Waals surface area (Å²) in [5.74, 6) is 0.905. The molecule has 0 spiro atoms. The summed E-state index contributed by atoms with van der Waals surface area (Å²) in [5, 5.41) is 0. The molecule has 8 heavy (non-hydrogen) atoms. The van der Waals surface area contributed by atoms with Gasteiger partial charge in [0.25, 0.3) is 0 Å². The summed E-state index contributed by atoms with van der Waals surface area (Å²) in [4.78, 5) is 0. The Balaban J connectivity index is 2.16. The highest BCUT2D eigenvalue weighted by atomic mass is 14.7. The van der Waals surface area contributed by atoms with Crippen molar-refractivity contribution in [1.82, 2.24) is 5.73 Å². The molecule has 0 aromatic heterocycles. The van der Waals surface area contributed by atoms with Crippen molar-refractivity contribution in [3.05, 3.63) is 0 Å². The Bertz CT molecular complexity index is 76.9. The summed E-state index contributed by atoms with van der Waals surface area (Å²) in [7, 11) is 0. The Morgan fingerprint density at radius 1 is 1.50 bits per heavy atom. The zero-order chi connectivity index (χ0) is 6.20. The molecule has 1 saturated carbocycles. The van der Waals surface area contributed by atoms with E-state index in [-0.39, 0.29) is 5.54 Å². The van der Waals surface area contributed by atoms with Crippen molar-refractivity contribution in [3.63, 3.8) is 0 Å². The predicted molar refractivity (Wildman–Crippen MR) is 34.5 cm³/mol. The van der Waals surface area contributed by atoms with Crippen molar-refractivity contribution >= 4 is 0 Å². The van der Waals surface area contributed by atoms with Crippen LogP contribution in [0.25, 0.3) is 0 Å². The van der Waals surface area contributed by atoms with Gasteiger partial charge in [-0.25, -0.2) is 0 Å². The molecule has 0 atom stereocenters. The zero-order valence-electron chi connectivity index (χ0n) is 5.70. The normalized spacial score (nSPS) is 21.4. The van der Waals surface area contributed by atoms with Crippen LogP contribution in [0.1, 0.15) is 33.1 Å². The molecule has 1 fully saturated rings. The molecule has 1 aliphatic rings. The molecule has 1 nitrogen and oxygen atoms in total. The lowest BCUT2D eigenvalue weighted by molar-refractivity contribution is 0.431. The van der Waals surface area contributed by atoms with Gasteiger partial charge in [0.05, 0.1) is 0 Å². The van der Waals surface area contributed by atoms with E-state index in [1.54, 1.807) is 0 Å². The standard InChI is InChI=1S/C7H14N/c1-7(2,8)5-6-3-4-6/h6,8H,3-5H2,1-2H3. The van der Waals surface area contributed by atoms with Gasteiger partial charge in [-0.05, 0) is 26.2 Å². The predicted octanol–water partition coefficient (Wildman–Crippen LogP) is 1.85. The number of nitrogens with one attached hydrogen (secondary N) is 1. The second kappa shape index (κ2) is 1.73. The Morgan fingerprint density at radius 2 is 2.00 bits per heavy atom. The van der Waals surface area contributed by atoms with E-state index in [0.29, 0.717) is 0 Å². The smallest absolute Gasteiger partial charge is 0.0270 e. The maximum Gasteiger partial charge on any atom is 0.0270 e. The van der Waals surface area contributed by atoms with Crippen LogP contribution in [-0.4, -0.2) is 5.54 Å². The molecule has 1 rings (SSSR count). The highest BCUT2D eigenvalue weighted by Crippen LogP contribution is 2.35. The Labute approximate surface area is 51.3 Å². The van der Waals surface area contributed by atoms with Gasteiger partial charge < -0.3 is 0 Å². The quantitative estimate of drug-likeness (QED) is 0.520. The lowest BCUT2D eigenvalue weighted by atomic mass is 9.99. The molecule has 1 radical (unpaired) electrons. The first kappa shape index (κ1) is 6.09. The second-order valence-electron chi connectivity index (χ2n) is 3.53. The Kier molecular flexibility index (Phi) is 1.31. The second-order valence-corrected chi connectivity index (χ2v) is 3.53. The minimum absolute atomic E-state index is 0.166. The van der Waals surface area contributed by atoms with E-state index in [9.17, 15) is 0 Å². The van der Waals surface area contributed by atoms with Gasteiger partial charge in [0.2, 0.25) is 0 Å². The molecule has 0 aliphatic heterocycles. The van der Waals surface area contributed by atoms with Crippen LogP contribution in [0.15, 0.2) is 0 Å². The summed E-state index contributed by atoms with van der Waals surface area (Å²) >= 11 is 0. The van der Waals surface area contributed by atoms with Crippen molar-refractivity contribution in [3.8, 4) is 0 Å². The van der Waals surface area contributed by atoms with Gasteiger partial charge in [-0.1, -0.05) is 12.8 Å². The third kappa shape index (κ3) is 2.31. The first-order chi connectivity index (χ1) is 3.58. The van der Waals surface area contributed by atoms with Gasteiger partial charge >= 0.3 is 0 Å². The fraction of sp³-hybridized carbons (Fsp3) is 1.00. The SMILES string of the molecule is CC(C)([NH])CC1CC1. The molecule has 0 heterocycles. The largest absolute Gasteiger partial charge is 0.252 e. The zero-order valence-corrected chi connectivity index (χ0v) is 5.70. The molecule has 0 amide bonds. The highest BCUT2D eigenvalue weighted by molar-refractivity contribution is 4.82. The van der Waals surface area contributed by atoms with E-state index in [2.05, 4.69) is 0 Å². The summed E-state index contributed by atoms with van der Waals surface area (Å²) in [6.45, 7) is 3.98. The third-order valence-electron chi connectivity index (χ3n) is 1.50. The van der Waals surface area contributed by atoms with Gasteiger partial charge in [-0.2, -0.15) is 0 Å². The number of hydrogen-bond acceptors (Lipinski definition) is 0. The molecule has 0 aromatic rings. The van der Waals surface area contributed by atoms with Crippen LogP contribution < -0.4 is 5.73 Å². The fourth-order valence-corrected chi connectivity index (χ4v) is 1.04. The number of hydrogen-bond donors (Lipinski definition) is 0. The lowest BCUT2D eigenvalue weighted by Crippen LogP contribution is -2.21. The van der Waals surface area contributed by atoms with E-state index in [0.717, 1.165) is 12.3 Å². The van der Waals surface area contributed by atoms with E-state index in [1.807, 2.05) is 13.8 Å². The molecular formula is C7H14N. The average molecular weight is 112 g/mol. The molecule has 47 valence electrons. The molecule has 0 aromatic carbocycles. The van der Waals surface area contributed by atoms with Crippen molar-refractivity contribution in [2.75, 3.05) is 0 Å². The Hall–Kier alpha value is -0.0400. The minimum atomic E-state index is -0.166. The maximum atomic E-state index is 7.50. The molecule has 0 bridgehead atoms. The molecule has 0 unspecified atom stereocenters. The molecule has 1 aliphatic carbocycles. The first-order valence-electron chi connectivity index (χ1n) is 3.33. The summed E-state index contributed by atoms with van der Waals surface area (Å²) in [5.41, 5.74) is 7.34. The molecule has 1 heteroatoms. The average Bonchev–Trinajstić information content (AvgIpc) is 2.12. The van der Waals surface area contributed by atoms with Crippen LogP contribution in [0.4, 0.5) is 0 Å². The van der Waals surface area contributed by atoms with Crippen LogP contribution >= 0.6 is 0 Å². The van der Waals surface area contributed by atoms with Crippen molar-refractivity contribution in [2.24, 2.45) is 5.92 Å². The Morgan fingerprint density at radius 3 is 2.12 bits per heavy atom. The van der Waals surface area contributed by atoms with Crippen LogP contribution in [-0.2, 0) is 0 Å². The van der Waals surface area contributed by atoms with Crippen molar-refractivity contribution in [1.29, 1.82) is 0 Å². The van der Waals surface area contributed by atoms with Gasteiger partial charge in [0.15, 0.2) is 0 Å². The molecule has 1 N–H and O–H groups in total. The van der Waals surface area contributed by atoms with E-state index in [1.165, 1.54) is 12.8 Å².